The molecule has 0 aliphatic heterocycles. The zero-order valence-electron chi connectivity index (χ0n) is 12.8. The average Bonchev–Trinajstić information content (AvgIpc) is 3.25. The number of hydrogen-bond donors (Lipinski definition) is 2. The molecule has 0 fully saturated rings. The maximum atomic E-state index is 4.49. The molecule has 0 spiro atoms. The van der Waals surface area contributed by atoms with E-state index < -0.39 is 0 Å². The summed E-state index contributed by atoms with van der Waals surface area (Å²) in [7, 11) is 0. The van der Waals surface area contributed by atoms with Crippen LogP contribution in [0.1, 0.15) is 0 Å². The number of thioether (sulfide) groups is 1. The molecule has 2 aromatic heterocycles. The van der Waals surface area contributed by atoms with E-state index in [9.17, 15) is 0 Å². The summed E-state index contributed by atoms with van der Waals surface area (Å²) in [4.78, 5) is 7.74. The van der Waals surface area contributed by atoms with Gasteiger partial charge in [0.05, 0.1) is 16.7 Å². The lowest BCUT2D eigenvalue weighted by atomic mass is 10.3. The first-order valence-corrected chi connectivity index (χ1v) is 8.54. The second-order valence-corrected chi connectivity index (χ2v) is 6.15. The predicted molar refractivity (Wildman–Crippen MR) is 94.5 cm³/mol. The Labute approximate surface area is 142 Å². The van der Waals surface area contributed by atoms with Crippen molar-refractivity contribution in [2.75, 3.05) is 17.6 Å². The van der Waals surface area contributed by atoms with Gasteiger partial charge in [0.25, 0.3) is 0 Å². The van der Waals surface area contributed by atoms with Gasteiger partial charge in [-0.15, -0.1) is 5.10 Å². The van der Waals surface area contributed by atoms with Crippen LogP contribution in [0.15, 0.2) is 59.8 Å². The Bertz CT molecular complexity index is 899. The van der Waals surface area contributed by atoms with E-state index in [0.29, 0.717) is 0 Å². The number of anilines is 1. The number of para-hydroxylation sites is 3. The van der Waals surface area contributed by atoms with Crippen molar-refractivity contribution >= 4 is 28.7 Å². The van der Waals surface area contributed by atoms with Gasteiger partial charge in [0.1, 0.15) is 0 Å². The van der Waals surface area contributed by atoms with Crippen molar-refractivity contribution in [3.8, 4) is 5.69 Å². The minimum atomic E-state index is 0.756. The molecule has 120 valence electrons. The Balaban J connectivity index is 1.36. The number of H-pyrrole nitrogens is 1. The van der Waals surface area contributed by atoms with Gasteiger partial charge in [-0.1, -0.05) is 42.1 Å². The Kier molecular flexibility index (Phi) is 4.11. The molecule has 0 radical (unpaired) electrons. The zero-order chi connectivity index (χ0) is 16.2. The van der Waals surface area contributed by atoms with Crippen molar-refractivity contribution in [2.45, 2.75) is 5.16 Å². The van der Waals surface area contributed by atoms with Crippen LogP contribution in [0.5, 0.6) is 0 Å². The fourth-order valence-corrected chi connectivity index (χ4v) is 3.09. The minimum absolute atomic E-state index is 0.756. The average molecular weight is 337 g/mol. The molecule has 2 aromatic carbocycles. The maximum absolute atomic E-state index is 4.49. The summed E-state index contributed by atoms with van der Waals surface area (Å²) in [6, 6.07) is 17.8. The molecule has 0 atom stereocenters. The van der Waals surface area contributed by atoms with Crippen molar-refractivity contribution in [3.63, 3.8) is 0 Å². The molecule has 0 bridgehead atoms. The number of imidazole rings is 1. The van der Waals surface area contributed by atoms with Crippen LogP contribution in [0, 0.1) is 0 Å². The third kappa shape index (κ3) is 3.09. The molecule has 2 N–H and O–H groups in total. The molecule has 0 unspecified atom stereocenters. The Hall–Kier alpha value is -2.87. The van der Waals surface area contributed by atoms with Crippen LogP contribution in [0.2, 0.25) is 0 Å². The molecular formula is C16H15N7S. The normalized spacial score (nSPS) is 11.0. The highest BCUT2D eigenvalue weighted by molar-refractivity contribution is 7.99. The van der Waals surface area contributed by atoms with E-state index in [4.69, 9.17) is 0 Å². The summed E-state index contributed by atoms with van der Waals surface area (Å²) in [5, 5.41) is 16.0. The van der Waals surface area contributed by atoms with Gasteiger partial charge in [0, 0.05) is 12.3 Å². The maximum Gasteiger partial charge on any atom is 0.214 e. The summed E-state index contributed by atoms with van der Waals surface area (Å²) >= 11 is 1.60. The van der Waals surface area contributed by atoms with E-state index in [1.54, 1.807) is 16.4 Å². The number of hydrogen-bond acceptors (Lipinski definition) is 6. The van der Waals surface area contributed by atoms with Crippen LogP contribution in [-0.4, -0.2) is 42.5 Å². The van der Waals surface area contributed by atoms with Crippen LogP contribution < -0.4 is 5.32 Å². The Morgan fingerprint density at radius 1 is 1.04 bits per heavy atom. The number of nitrogens with one attached hydrogen (secondary N) is 2. The molecule has 0 aliphatic rings. The van der Waals surface area contributed by atoms with Crippen molar-refractivity contribution in [1.82, 2.24) is 30.2 Å². The predicted octanol–water partition coefficient (Wildman–Crippen LogP) is 2.74. The van der Waals surface area contributed by atoms with E-state index in [1.165, 1.54) is 0 Å². The first-order chi connectivity index (χ1) is 11.9. The molecule has 7 nitrogen and oxygen atoms in total. The molecular weight excluding hydrogens is 322 g/mol. The van der Waals surface area contributed by atoms with E-state index in [-0.39, 0.29) is 0 Å². The van der Waals surface area contributed by atoms with Gasteiger partial charge in [-0.05, 0) is 34.7 Å². The molecule has 4 rings (SSSR count). The second kappa shape index (κ2) is 6.71. The highest BCUT2D eigenvalue weighted by Crippen LogP contribution is 2.18. The van der Waals surface area contributed by atoms with Gasteiger partial charge in [-0.2, -0.15) is 4.68 Å². The number of tetrazole rings is 1. The molecule has 2 heterocycles. The van der Waals surface area contributed by atoms with Gasteiger partial charge >= 0.3 is 0 Å². The number of aromatic amines is 1. The van der Waals surface area contributed by atoms with Crippen LogP contribution in [0.25, 0.3) is 16.7 Å². The second-order valence-electron chi connectivity index (χ2n) is 5.09. The van der Waals surface area contributed by atoms with E-state index in [0.717, 1.165) is 40.1 Å². The van der Waals surface area contributed by atoms with E-state index >= 15 is 0 Å². The lowest BCUT2D eigenvalue weighted by molar-refractivity contribution is 0.756. The molecule has 0 saturated heterocycles. The van der Waals surface area contributed by atoms with Gasteiger partial charge in [0.15, 0.2) is 0 Å². The number of aromatic nitrogens is 6. The van der Waals surface area contributed by atoms with Crippen molar-refractivity contribution < 1.29 is 0 Å². The largest absolute Gasteiger partial charge is 0.355 e. The van der Waals surface area contributed by atoms with Crippen molar-refractivity contribution in [3.05, 3.63) is 54.6 Å². The fraction of sp³-hybridized carbons (Fsp3) is 0.125. The lowest BCUT2D eigenvalue weighted by Gasteiger charge is -2.04. The summed E-state index contributed by atoms with van der Waals surface area (Å²) in [6.45, 7) is 0.756. The number of rotatable bonds is 6. The highest BCUT2D eigenvalue weighted by atomic mass is 32.2. The van der Waals surface area contributed by atoms with Gasteiger partial charge < -0.3 is 10.3 Å². The van der Waals surface area contributed by atoms with Crippen molar-refractivity contribution in [2.24, 2.45) is 0 Å². The van der Waals surface area contributed by atoms with Crippen LogP contribution in [-0.2, 0) is 0 Å². The Morgan fingerprint density at radius 3 is 2.75 bits per heavy atom. The third-order valence-electron chi connectivity index (χ3n) is 3.46. The quantitative estimate of drug-likeness (QED) is 0.416. The molecule has 24 heavy (non-hydrogen) atoms. The monoisotopic (exact) mass is 337 g/mol. The minimum Gasteiger partial charge on any atom is -0.355 e. The standard InChI is InChI=1S/C16H15N7S/c1-2-6-12(7-3-1)23-16(20-21-22-23)24-11-10-17-15-18-13-8-4-5-9-14(13)19-15/h1-9H,10-11H2,(H2,17,18,19). The van der Waals surface area contributed by atoms with Crippen molar-refractivity contribution in [1.29, 1.82) is 0 Å². The molecule has 0 amide bonds. The van der Waals surface area contributed by atoms with Gasteiger partial charge in [-0.25, -0.2) is 4.98 Å². The summed E-state index contributed by atoms with van der Waals surface area (Å²) in [6.07, 6.45) is 0. The topological polar surface area (TPSA) is 84.3 Å². The summed E-state index contributed by atoms with van der Waals surface area (Å²) < 4.78 is 1.74. The van der Waals surface area contributed by atoms with Crippen LogP contribution >= 0.6 is 11.8 Å². The summed E-state index contributed by atoms with van der Waals surface area (Å²) in [5.41, 5.74) is 2.94. The highest BCUT2D eigenvalue weighted by Gasteiger charge is 2.08. The number of fused-ring (bicyclic) bond motifs is 1. The van der Waals surface area contributed by atoms with Crippen LogP contribution in [0.4, 0.5) is 5.95 Å². The smallest absolute Gasteiger partial charge is 0.214 e. The number of benzene rings is 2. The SMILES string of the molecule is c1ccc(-n2nnnc2SCCNc2nc3ccccc3[nH]2)cc1. The van der Waals surface area contributed by atoms with E-state index in [2.05, 4.69) is 30.8 Å². The molecule has 8 heteroatoms. The first-order valence-electron chi connectivity index (χ1n) is 7.55. The van der Waals surface area contributed by atoms with Gasteiger partial charge in [-0.3, -0.25) is 0 Å². The van der Waals surface area contributed by atoms with E-state index in [1.807, 2.05) is 54.6 Å². The molecule has 4 aromatic rings. The Morgan fingerprint density at radius 2 is 1.88 bits per heavy atom. The lowest BCUT2D eigenvalue weighted by Crippen LogP contribution is -2.06. The third-order valence-corrected chi connectivity index (χ3v) is 4.38. The van der Waals surface area contributed by atoms with Crippen LogP contribution in [0.3, 0.4) is 0 Å². The summed E-state index contributed by atoms with van der Waals surface area (Å²) in [5.74, 6) is 1.60. The zero-order valence-corrected chi connectivity index (χ0v) is 13.6. The molecule has 0 saturated carbocycles. The van der Waals surface area contributed by atoms with Gasteiger partial charge in [0.2, 0.25) is 11.1 Å². The number of nitrogens with zero attached hydrogens (tertiary/aromatic N) is 5. The fourth-order valence-electron chi connectivity index (χ4n) is 2.35. The molecule has 0 aliphatic carbocycles. The first kappa shape index (κ1) is 14.7.